The molecule has 0 aliphatic rings. The summed E-state index contributed by atoms with van der Waals surface area (Å²) in [6.07, 6.45) is 1.39. The Kier molecular flexibility index (Phi) is 5.94. The van der Waals surface area contributed by atoms with Crippen LogP contribution in [-0.4, -0.2) is 12.6 Å². The molecule has 0 saturated heterocycles. The molecule has 0 spiro atoms. The third-order valence-corrected chi connectivity index (χ3v) is 3.97. The Balaban J connectivity index is 2.58. The zero-order valence-corrected chi connectivity index (χ0v) is 14.5. The van der Waals surface area contributed by atoms with Crippen LogP contribution >= 0.6 is 34.8 Å². The molecule has 0 amide bonds. The number of anilines is 1. The quantitative estimate of drug-likeness (QED) is 0.456. The molecule has 2 aromatic carbocycles. The maximum Gasteiger partial charge on any atom is 0.331 e. The lowest BCUT2D eigenvalue weighted by molar-refractivity contribution is -0.137. The molecule has 6 heteroatoms. The zero-order valence-electron chi connectivity index (χ0n) is 12.3. The summed E-state index contributed by atoms with van der Waals surface area (Å²) < 4.78 is 4.99. The average molecular weight is 371 g/mol. The van der Waals surface area contributed by atoms with Gasteiger partial charge >= 0.3 is 5.97 Å². The first-order valence-electron chi connectivity index (χ1n) is 6.81. The molecule has 0 heterocycles. The van der Waals surface area contributed by atoms with Gasteiger partial charge in [-0.25, -0.2) is 4.79 Å². The Bertz CT molecular complexity index is 732. The van der Waals surface area contributed by atoms with E-state index >= 15 is 0 Å². The van der Waals surface area contributed by atoms with Gasteiger partial charge in [0, 0.05) is 11.1 Å². The molecule has 3 nitrogen and oxygen atoms in total. The van der Waals surface area contributed by atoms with Crippen LogP contribution in [0.15, 0.2) is 42.5 Å². The van der Waals surface area contributed by atoms with E-state index in [0.717, 1.165) is 5.56 Å². The molecule has 0 unspecified atom stereocenters. The van der Waals surface area contributed by atoms with Gasteiger partial charge in [-0.3, -0.25) is 0 Å². The van der Waals surface area contributed by atoms with Gasteiger partial charge in [-0.2, -0.15) is 0 Å². The fourth-order valence-electron chi connectivity index (χ4n) is 2.00. The number of carbonyl (C=O) groups excluding carboxylic acids is 1. The van der Waals surface area contributed by atoms with Crippen LogP contribution in [0.2, 0.25) is 15.1 Å². The van der Waals surface area contributed by atoms with Gasteiger partial charge in [0.15, 0.2) is 0 Å². The maximum atomic E-state index is 11.9. The number of nitrogen functional groups attached to an aromatic ring is 1. The van der Waals surface area contributed by atoms with Crippen LogP contribution < -0.4 is 5.73 Å². The normalized spacial score (nSPS) is 11.4. The number of hydrogen-bond acceptors (Lipinski definition) is 3. The predicted molar refractivity (Wildman–Crippen MR) is 96.0 cm³/mol. The van der Waals surface area contributed by atoms with E-state index in [4.69, 9.17) is 45.3 Å². The Morgan fingerprint density at radius 1 is 1.09 bits per heavy atom. The number of carbonyl (C=O) groups is 1. The number of halogens is 3. The van der Waals surface area contributed by atoms with Crippen LogP contribution in [0.4, 0.5) is 5.69 Å². The van der Waals surface area contributed by atoms with Crippen LogP contribution in [0.5, 0.6) is 0 Å². The van der Waals surface area contributed by atoms with Gasteiger partial charge in [-0.1, -0.05) is 46.9 Å². The molecule has 23 heavy (non-hydrogen) atoms. The van der Waals surface area contributed by atoms with Gasteiger partial charge in [0.2, 0.25) is 0 Å². The smallest absolute Gasteiger partial charge is 0.331 e. The van der Waals surface area contributed by atoms with Crippen LogP contribution in [0, 0.1) is 0 Å². The Morgan fingerprint density at radius 3 is 2.17 bits per heavy atom. The molecule has 0 aliphatic heterocycles. The van der Waals surface area contributed by atoms with Crippen molar-refractivity contribution in [3.8, 4) is 0 Å². The number of ether oxygens (including phenoxy) is 1. The second-order valence-electron chi connectivity index (χ2n) is 4.67. The van der Waals surface area contributed by atoms with Crippen LogP contribution in [0.25, 0.3) is 5.57 Å². The number of hydrogen-bond donors (Lipinski definition) is 1. The van der Waals surface area contributed by atoms with Crippen molar-refractivity contribution in [1.82, 2.24) is 0 Å². The highest BCUT2D eigenvalue weighted by Crippen LogP contribution is 2.34. The SMILES string of the molecule is CCOC(=O)/C=C(\c1ccc(Cl)cc1)c1cc(Cl)c(N)c(Cl)c1. The lowest BCUT2D eigenvalue weighted by atomic mass is 9.97. The van der Waals surface area contributed by atoms with Crippen molar-refractivity contribution < 1.29 is 9.53 Å². The van der Waals surface area contributed by atoms with Crippen molar-refractivity contribution >= 4 is 52.0 Å². The number of esters is 1. The van der Waals surface area contributed by atoms with Gasteiger partial charge in [0.1, 0.15) is 0 Å². The van der Waals surface area contributed by atoms with Gasteiger partial charge in [0.25, 0.3) is 0 Å². The molecule has 0 aromatic heterocycles. The van der Waals surface area contributed by atoms with Crippen molar-refractivity contribution in [3.63, 3.8) is 0 Å². The molecule has 2 N–H and O–H groups in total. The van der Waals surface area contributed by atoms with Gasteiger partial charge in [-0.05, 0) is 47.9 Å². The molecule has 0 aliphatic carbocycles. The van der Waals surface area contributed by atoms with E-state index < -0.39 is 5.97 Å². The standard InChI is InChI=1S/C17H14Cl3NO2/c1-2-23-16(22)9-13(10-3-5-12(18)6-4-10)11-7-14(19)17(21)15(20)8-11/h3-9H,2,21H2,1H3/b13-9+. The first-order chi connectivity index (χ1) is 10.9. The fraction of sp³-hybridized carbons (Fsp3) is 0.118. The third-order valence-electron chi connectivity index (χ3n) is 3.09. The van der Waals surface area contributed by atoms with Crippen molar-refractivity contribution in [1.29, 1.82) is 0 Å². The van der Waals surface area contributed by atoms with Crippen LogP contribution in [0.1, 0.15) is 18.1 Å². The predicted octanol–water partition coefficient (Wildman–Crippen LogP) is 5.22. The molecular weight excluding hydrogens is 357 g/mol. The van der Waals surface area contributed by atoms with Crippen molar-refractivity contribution in [2.75, 3.05) is 12.3 Å². The van der Waals surface area contributed by atoms with Crippen LogP contribution in [-0.2, 0) is 9.53 Å². The average Bonchev–Trinajstić information content (AvgIpc) is 2.51. The van der Waals surface area contributed by atoms with E-state index in [1.54, 1.807) is 43.3 Å². The topological polar surface area (TPSA) is 52.3 Å². The minimum atomic E-state index is -0.457. The van der Waals surface area contributed by atoms with Crippen molar-refractivity contribution in [3.05, 3.63) is 68.7 Å². The lowest BCUT2D eigenvalue weighted by Gasteiger charge is -2.11. The Hall–Kier alpha value is -1.68. The van der Waals surface area contributed by atoms with Crippen molar-refractivity contribution in [2.45, 2.75) is 6.92 Å². The van der Waals surface area contributed by atoms with Gasteiger partial charge in [-0.15, -0.1) is 0 Å². The van der Waals surface area contributed by atoms with E-state index in [-0.39, 0.29) is 6.61 Å². The molecule has 0 saturated carbocycles. The van der Waals surface area contributed by atoms with Gasteiger partial charge in [0.05, 0.1) is 22.3 Å². The fourth-order valence-corrected chi connectivity index (χ4v) is 2.62. The summed E-state index contributed by atoms with van der Waals surface area (Å²) in [5.41, 5.74) is 8.11. The summed E-state index contributed by atoms with van der Waals surface area (Å²) in [6.45, 7) is 2.02. The minimum absolute atomic E-state index is 0.284. The second kappa shape index (κ2) is 7.73. The monoisotopic (exact) mass is 369 g/mol. The largest absolute Gasteiger partial charge is 0.463 e. The van der Waals surface area contributed by atoms with E-state index in [9.17, 15) is 4.79 Å². The molecule has 0 radical (unpaired) electrons. The Morgan fingerprint density at radius 2 is 1.65 bits per heavy atom. The van der Waals surface area contributed by atoms with Crippen molar-refractivity contribution in [2.24, 2.45) is 0 Å². The molecule has 0 bridgehead atoms. The zero-order chi connectivity index (χ0) is 17.0. The first kappa shape index (κ1) is 17.7. The Labute approximate surface area is 149 Å². The van der Waals surface area contributed by atoms with Gasteiger partial charge < -0.3 is 10.5 Å². The summed E-state index contributed by atoms with van der Waals surface area (Å²) in [5, 5.41) is 1.23. The first-order valence-corrected chi connectivity index (χ1v) is 7.95. The molecule has 2 aromatic rings. The third kappa shape index (κ3) is 4.41. The molecule has 0 fully saturated rings. The summed E-state index contributed by atoms with van der Waals surface area (Å²) >= 11 is 18.1. The lowest BCUT2D eigenvalue weighted by Crippen LogP contribution is -2.02. The summed E-state index contributed by atoms with van der Waals surface area (Å²) in [7, 11) is 0. The second-order valence-corrected chi connectivity index (χ2v) is 5.92. The number of benzene rings is 2. The molecule has 2 rings (SSSR count). The molecule has 120 valence electrons. The minimum Gasteiger partial charge on any atom is -0.463 e. The van der Waals surface area contributed by atoms with E-state index in [2.05, 4.69) is 0 Å². The van der Waals surface area contributed by atoms with E-state index in [0.29, 0.717) is 31.9 Å². The molecule has 0 atom stereocenters. The van der Waals surface area contributed by atoms with E-state index in [1.165, 1.54) is 6.08 Å². The number of rotatable bonds is 4. The maximum absolute atomic E-state index is 11.9. The molecular formula is C17H14Cl3NO2. The summed E-state index contributed by atoms with van der Waals surface area (Å²) in [6, 6.07) is 10.4. The summed E-state index contributed by atoms with van der Waals surface area (Å²) in [4.78, 5) is 11.9. The highest BCUT2D eigenvalue weighted by molar-refractivity contribution is 6.39. The summed E-state index contributed by atoms with van der Waals surface area (Å²) in [5.74, 6) is -0.457. The highest BCUT2D eigenvalue weighted by Gasteiger charge is 2.13. The number of nitrogens with two attached hydrogens (primary N) is 1. The van der Waals surface area contributed by atoms with Crippen LogP contribution in [0.3, 0.4) is 0 Å². The van der Waals surface area contributed by atoms with E-state index in [1.807, 2.05) is 0 Å². The highest BCUT2D eigenvalue weighted by atomic mass is 35.5.